The number of methoxy groups -OCH3 is 1. The van der Waals surface area contributed by atoms with Gasteiger partial charge in [-0.15, -0.1) is 0 Å². The first-order valence-electron chi connectivity index (χ1n) is 11.6. The Labute approximate surface area is 192 Å². The Balaban J connectivity index is 2.77. The van der Waals surface area contributed by atoms with Crippen LogP contribution in [0.1, 0.15) is 97.8 Å². The molecule has 0 amide bonds. The molecule has 31 heavy (non-hydrogen) atoms. The molecule has 0 aliphatic rings. The molecule has 2 atom stereocenters. The monoisotopic (exact) mass is 444 g/mol. The minimum atomic E-state index is -0.191. The lowest BCUT2D eigenvalue weighted by molar-refractivity contribution is 0.383. The third-order valence-corrected chi connectivity index (χ3v) is 7.87. The molecule has 2 rings (SSSR count). The van der Waals surface area contributed by atoms with Gasteiger partial charge in [-0.25, -0.2) is 4.39 Å². The zero-order valence-corrected chi connectivity index (χ0v) is 22.1. The van der Waals surface area contributed by atoms with Gasteiger partial charge in [-0.05, 0) is 28.9 Å². The van der Waals surface area contributed by atoms with Crippen molar-refractivity contribution in [1.29, 1.82) is 0 Å². The Kier molecular flexibility index (Phi) is 8.37. The largest absolute Gasteiger partial charge is 0.496 e. The zero-order chi connectivity index (χ0) is 23.4. The molecule has 0 aromatic heterocycles. The molecule has 0 fully saturated rings. The van der Waals surface area contributed by atoms with E-state index in [9.17, 15) is 4.39 Å². The minimum absolute atomic E-state index is 0.0203. The molecule has 0 N–H and O–H groups in total. The van der Waals surface area contributed by atoms with Crippen LogP contribution in [0.25, 0.3) is 0 Å². The molecule has 1 nitrogen and oxygen atoms in total. The van der Waals surface area contributed by atoms with Crippen molar-refractivity contribution < 1.29 is 9.13 Å². The lowest BCUT2D eigenvalue weighted by Crippen LogP contribution is -2.25. The second kappa shape index (κ2) is 10.0. The summed E-state index contributed by atoms with van der Waals surface area (Å²) >= 11 is 0. The van der Waals surface area contributed by atoms with Gasteiger partial charge < -0.3 is 4.74 Å². The molecule has 2 aromatic carbocycles. The van der Waals surface area contributed by atoms with Crippen LogP contribution >= 0.6 is 8.58 Å². The van der Waals surface area contributed by atoms with Crippen molar-refractivity contribution in [2.45, 2.75) is 97.1 Å². The molecular weight excluding hydrogens is 402 g/mol. The van der Waals surface area contributed by atoms with E-state index in [1.807, 2.05) is 12.1 Å². The Morgan fingerprint density at radius 1 is 0.871 bits per heavy atom. The third kappa shape index (κ3) is 6.32. The number of benzene rings is 2. The Hall–Kier alpha value is -1.40. The molecule has 0 heterocycles. The average Bonchev–Trinajstić information content (AvgIpc) is 2.67. The summed E-state index contributed by atoms with van der Waals surface area (Å²) in [6.45, 7) is 18.1. The average molecular weight is 445 g/mol. The van der Waals surface area contributed by atoms with E-state index < -0.39 is 0 Å². The Morgan fingerprint density at radius 2 is 1.48 bits per heavy atom. The van der Waals surface area contributed by atoms with Crippen LogP contribution in [-0.2, 0) is 16.0 Å². The van der Waals surface area contributed by atoms with Crippen LogP contribution in [0.3, 0.4) is 0 Å². The highest BCUT2D eigenvalue weighted by Crippen LogP contribution is 2.52. The van der Waals surface area contributed by atoms with Gasteiger partial charge in [0.1, 0.15) is 11.6 Å². The fourth-order valence-electron chi connectivity index (χ4n) is 4.10. The summed E-state index contributed by atoms with van der Waals surface area (Å²) in [5, 5.41) is 0.617. The lowest BCUT2D eigenvalue weighted by Gasteiger charge is -2.36. The van der Waals surface area contributed by atoms with Gasteiger partial charge in [0.05, 0.1) is 7.11 Å². The fraction of sp³-hybridized carbons (Fsp3) is 0.571. The summed E-state index contributed by atoms with van der Waals surface area (Å²) < 4.78 is 20.8. The van der Waals surface area contributed by atoms with Crippen LogP contribution in [0.5, 0.6) is 5.75 Å². The highest BCUT2D eigenvalue weighted by molar-refractivity contribution is 7.48. The molecule has 0 saturated heterocycles. The lowest BCUT2D eigenvalue weighted by atomic mass is 9.76. The third-order valence-electron chi connectivity index (χ3n) is 6.13. The molecule has 172 valence electrons. The quantitative estimate of drug-likeness (QED) is 0.294. The maximum atomic E-state index is 14.7. The van der Waals surface area contributed by atoms with Gasteiger partial charge in [-0.3, -0.25) is 0 Å². The van der Waals surface area contributed by atoms with E-state index in [4.69, 9.17) is 4.74 Å². The van der Waals surface area contributed by atoms with E-state index in [0.717, 1.165) is 23.9 Å². The normalized spacial score (nSPS) is 14.8. The van der Waals surface area contributed by atoms with E-state index in [1.165, 1.54) is 29.5 Å². The molecule has 2 aromatic rings. The van der Waals surface area contributed by atoms with E-state index in [1.54, 1.807) is 19.2 Å². The molecule has 0 radical (unpaired) electrons. The van der Waals surface area contributed by atoms with E-state index in [2.05, 4.69) is 67.5 Å². The summed E-state index contributed by atoms with van der Waals surface area (Å²) in [5.74, 6) is 0.868. The van der Waals surface area contributed by atoms with Crippen molar-refractivity contribution in [3.63, 3.8) is 0 Å². The first-order valence-corrected chi connectivity index (χ1v) is 12.6. The number of unbranched alkanes of at least 4 members (excludes halogenated alkanes) is 2. The number of hydrogen-bond acceptors (Lipinski definition) is 1. The standard InChI is InChI=1S/C28H42FOP/c1-10-11-14-17-28(8,31-24-16-13-12-15-23(24)29)22-19-20(26(2,3)4)18-21(25(22)30-9)27(5,6)7/h12-13,15-16,18-19,31H,10-11,14,17H2,1-9H3. The van der Waals surface area contributed by atoms with E-state index in [-0.39, 0.29) is 21.8 Å². The van der Waals surface area contributed by atoms with Crippen LogP contribution in [-0.4, -0.2) is 7.11 Å². The highest BCUT2D eigenvalue weighted by Gasteiger charge is 2.35. The molecule has 0 bridgehead atoms. The highest BCUT2D eigenvalue weighted by atomic mass is 31.1. The summed E-state index contributed by atoms with van der Waals surface area (Å²) in [5.41, 5.74) is 3.75. The van der Waals surface area contributed by atoms with Crippen molar-refractivity contribution in [1.82, 2.24) is 0 Å². The topological polar surface area (TPSA) is 9.23 Å². The van der Waals surface area contributed by atoms with Crippen molar-refractivity contribution in [3.8, 4) is 5.75 Å². The smallest absolute Gasteiger partial charge is 0.130 e. The summed E-state index contributed by atoms with van der Waals surface area (Å²) in [6.07, 6.45) is 4.50. The first-order chi connectivity index (χ1) is 14.3. The van der Waals surface area contributed by atoms with Gasteiger partial charge in [0, 0.05) is 21.6 Å². The number of halogens is 1. The van der Waals surface area contributed by atoms with Crippen LogP contribution in [0.4, 0.5) is 4.39 Å². The minimum Gasteiger partial charge on any atom is -0.496 e. The maximum Gasteiger partial charge on any atom is 0.130 e. The van der Waals surface area contributed by atoms with E-state index in [0.29, 0.717) is 8.58 Å². The van der Waals surface area contributed by atoms with Crippen molar-refractivity contribution in [3.05, 3.63) is 58.9 Å². The van der Waals surface area contributed by atoms with Crippen LogP contribution < -0.4 is 10.0 Å². The molecule has 0 spiro atoms. The number of rotatable bonds is 8. The Bertz CT molecular complexity index is 876. The first kappa shape index (κ1) is 25.9. The number of hydrogen-bond donors (Lipinski definition) is 0. The number of ether oxygens (including phenoxy) is 1. The van der Waals surface area contributed by atoms with Crippen LogP contribution in [0, 0.1) is 5.82 Å². The van der Waals surface area contributed by atoms with Crippen LogP contribution in [0.15, 0.2) is 36.4 Å². The van der Waals surface area contributed by atoms with Crippen molar-refractivity contribution >= 4 is 13.9 Å². The fourth-order valence-corrected chi connectivity index (χ4v) is 5.70. The molecule has 3 heteroatoms. The van der Waals surface area contributed by atoms with Crippen molar-refractivity contribution in [2.24, 2.45) is 0 Å². The summed E-state index contributed by atoms with van der Waals surface area (Å²) in [4.78, 5) is 0. The van der Waals surface area contributed by atoms with Gasteiger partial charge >= 0.3 is 0 Å². The molecule has 0 aliphatic carbocycles. The van der Waals surface area contributed by atoms with Gasteiger partial charge in [-0.1, -0.05) is 114 Å². The van der Waals surface area contributed by atoms with Gasteiger partial charge in [0.15, 0.2) is 0 Å². The predicted molar refractivity (Wildman–Crippen MR) is 136 cm³/mol. The van der Waals surface area contributed by atoms with Gasteiger partial charge in [-0.2, -0.15) is 0 Å². The molecular formula is C28H42FOP. The molecule has 0 saturated carbocycles. The molecule has 0 aliphatic heterocycles. The van der Waals surface area contributed by atoms with Crippen molar-refractivity contribution in [2.75, 3.05) is 7.11 Å². The predicted octanol–water partition coefficient (Wildman–Crippen LogP) is 8.23. The SMILES string of the molecule is CCCCCC(C)(Pc1ccccc1F)c1cc(C(C)(C)C)cc(C(C)(C)C)c1OC. The summed E-state index contributed by atoms with van der Waals surface area (Å²) in [7, 11) is 2.12. The Morgan fingerprint density at radius 3 is 2.00 bits per heavy atom. The zero-order valence-electron chi connectivity index (χ0n) is 21.1. The van der Waals surface area contributed by atoms with Gasteiger partial charge in [0.25, 0.3) is 0 Å². The maximum absolute atomic E-state index is 14.7. The second-order valence-electron chi connectivity index (χ2n) is 11.0. The second-order valence-corrected chi connectivity index (χ2v) is 12.9. The van der Waals surface area contributed by atoms with Crippen LogP contribution in [0.2, 0.25) is 0 Å². The van der Waals surface area contributed by atoms with Gasteiger partial charge in [0.2, 0.25) is 0 Å². The van der Waals surface area contributed by atoms with E-state index >= 15 is 0 Å². The molecule has 2 unspecified atom stereocenters. The summed E-state index contributed by atoms with van der Waals surface area (Å²) in [6, 6.07) is 11.9.